The Hall–Kier alpha value is -3.66. The summed E-state index contributed by atoms with van der Waals surface area (Å²) in [6, 6.07) is 10.5. The molecule has 0 spiro atoms. The Balaban J connectivity index is 2.16. The number of hydrogen-bond donors (Lipinski definition) is 3. The summed E-state index contributed by atoms with van der Waals surface area (Å²) in [5, 5.41) is 0. The summed E-state index contributed by atoms with van der Waals surface area (Å²) in [5.41, 5.74) is 18.1. The first-order valence-corrected chi connectivity index (χ1v) is 11.6. The third-order valence-corrected chi connectivity index (χ3v) is 5.15. The van der Waals surface area contributed by atoms with Crippen molar-refractivity contribution in [2.75, 3.05) is 47.1 Å². The van der Waals surface area contributed by atoms with Crippen molar-refractivity contribution in [2.45, 2.75) is 6.42 Å². The van der Waals surface area contributed by atoms with Crippen LogP contribution in [0.25, 0.3) is 12.2 Å². The van der Waals surface area contributed by atoms with Crippen LogP contribution in [-0.4, -0.2) is 58.6 Å². The third kappa shape index (κ3) is 8.53. The summed E-state index contributed by atoms with van der Waals surface area (Å²) in [5.74, 6) is 0.592. The molecular formula is C27H35N3O6. The van der Waals surface area contributed by atoms with Gasteiger partial charge in [-0.25, -0.2) is 0 Å². The Bertz CT molecular complexity index is 986. The Morgan fingerprint density at radius 3 is 1.53 bits per heavy atom. The Morgan fingerprint density at radius 2 is 1.17 bits per heavy atom. The molecule has 6 N–H and O–H groups in total. The SMILES string of the molecule is COc1ccc(/C=C/C(=O)C(CCN)C(=O)/C=C/c2ccc(OC)c(OCCN)c2)cc1OCCN. The zero-order valence-corrected chi connectivity index (χ0v) is 20.8. The zero-order chi connectivity index (χ0) is 26.3. The minimum Gasteiger partial charge on any atom is -0.493 e. The Kier molecular flexibility index (Phi) is 12.2. The van der Waals surface area contributed by atoms with Crippen LogP contribution in [0.1, 0.15) is 17.5 Å². The van der Waals surface area contributed by atoms with Crippen molar-refractivity contribution in [3.05, 3.63) is 59.7 Å². The van der Waals surface area contributed by atoms with Crippen molar-refractivity contribution in [1.82, 2.24) is 0 Å². The lowest BCUT2D eigenvalue weighted by Crippen LogP contribution is -2.24. The fraction of sp³-hybridized carbons (Fsp3) is 0.333. The van der Waals surface area contributed by atoms with Crippen LogP contribution < -0.4 is 36.1 Å². The van der Waals surface area contributed by atoms with Gasteiger partial charge >= 0.3 is 0 Å². The summed E-state index contributed by atoms with van der Waals surface area (Å²) in [6.07, 6.45) is 6.25. The Labute approximate surface area is 211 Å². The highest BCUT2D eigenvalue weighted by atomic mass is 16.5. The van der Waals surface area contributed by atoms with Gasteiger partial charge in [0.1, 0.15) is 13.2 Å². The zero-order valence-electron chi connectivity index (χ0n) is 20.8. The van der Waals surface area contributed by atoms with Crippen molar-refractivity contribution >= 4 is 23.7 Å². The molecule has 0 bridgehead atoms. The molecular weight excluding hydrogens is 462 g/mol. The summed E-state index contributed by atoms with van der Waals surface area (Å²) >= 11 is 0. The highest BCUT2D eigenvalue weighted by molar-refractivity contribution is 6.13. The predicted octanol–water partition coefficient (Wildman–Crippen LogP) is 2.21. The summed E-state index contributed by atoms with van der Waals surface area (Å²) in [4.78, 5) is 25.8. The van der Waals surface area contributed by atoms with Gasteiger partial charge in [0.25, 0.3) is 0 Å². The number of carbonyl (C=O) groups excluding carboxylic acids is 2. The topological polar surface area (TPSA) is 149 Å². The quantitative estimate of drug-likeness (QED) is 0.234. The molecule has 0 atom stereocenters. The fourth-order valence-corrected chi connectivity index (χ4v) is 3.34. The molecule has 0 heterocycles. The van der Waals surface area contributed by atoms with E-state index in [0.29, 0.717) is 60.4 Å². The van der Waals surface area contributed by atoms with Crippen LogP contribution in [0.3, 0.4) is 0 Å². The van der Waals surface area contributed by atoms with Gasteiger partial charge in [-0.3, -0.25) is 9.59 Å². The van der Waals surface area contributed by atoms with E-state index in [9.17, 15) is 9.59 Å². The third-order valence-electron chi connectivity index (χ3n) is 5.15. The van der Waals surface area contributed by atoms with Crippen LogP contribution >= 0.6 is 0 Å². The molecule has 2 rings (SSSR count). The van der Waals surface area contributed by atoms with E-state index in [0.717, 1.165) is 0 Å². The summed E-state index contributed by atoms with van der Waals surface area (Å²) < 4.78 is 21.8. The number of benzene rings is 2. The number of ether oxygens (including phenoxy) is 4. The van der Waals surface area contributed by atoms with Crippen molar-refractivity contribution in [1.29, 1.82) is 0 Å². The van der Waals surface area contributed by atoms with Crippen LogP contribution in [0.4, 0.5) is 0 Å². The second-order valence-electron chi connectivity index (χ2n) is 7.70. The van der Waals surface area contributed by atoms with Crippen LogP contribution in [-0.2, 0) is 9.59 Å². The average molecular weight is 498 g/mol. The first-order valence-electron chi connectivity index (χ1n) is 11.6. The second kappa shape index (κ2) is 15.4. The van der Waals surface area contributed by atoms with Gasteiger partial charge in [-0.1, -0.05) is 24.3 Å². The fourth-order valence-electron chi connectivity index (χ4n) is 3.34. The maximum atomic E-state index is 12.9. The van der Waals surface area contributed by atoms with E-state index >= 15 is 0 Å². The molecule has 0 aliphatic heterocycles. The maximum absolute atomic E-state index is 12.9. The largest absolute Gasteiger partial charge is 0.493 e. The number of rotatable bonds is 16. The van der Waals surface area contributed by atoms with E-state index in [2.05, 4.69) is 0 Å². The molecule has 0 radical (unpaired) electrons. The standard InChI is InChI=1S/C27H35N3O6/c1-33-24-9-5-19(17-26(24)35-15-13-29)3-7-22(31)21(11-12-28)23(32)8-4-20-6-10-25(34-2)27(18-20)36-16-14-30/h3-10,17-18,21H,11-16,28-30H2,1-2H3/b7-3+,8-4+. The van der Waals surface area contributed by atoms with Crippen LogP contribution in [0.2, 0.25) is 0 Å². The van der Waals surface area contributed by atoms with E-state index in [1.54, 1.807) is 62.8 Å². The van der Waals surface area contributed by atoms with Gasteiger partial charge in [-0.2, -0.15) is 0 Å². The van der Waals surface area contributed by atoms with Crippen LogP contribution in [0, 0.1) is 5.92 Å². The Morgan fingerprint density at radius 1 is 0.722 bits per heavy atom. The predicted molar refractivity (Wildman–Crippen MR) is 140 cm³/mol. The second-order valence-corrected chi connectivity index (χ2v) is 7.70. The van der Waals surface area contributed by atoms with E-state index < -0.39 is 5.92 Å². The highest BCUT2D eigenvalue weighted by Crippen LogP contribution is 2.29. The van der Waals surface area contributed by atoms with Crippen LogP contribution in [0.15, 0.2) is 48.6 Å². The minimum absolute atomic E-state index is 0.197. The van der Waals surface area contributed by atoms with Crippen molar-refractivity contribution in [2.24, 2.45) is 23.1 Å². The van der Waals surface area contributed by atoms with E-state index in [4.69, 9.17) is 36.1 Å². The number of allylic oxidation sites excluding steroid dienone is 2. The summed E-state index contributed by atoms with van der Waals surface area (Å²) in [7, 11) is 3.08. The molecule has 194 valence electrons. The number of carbonyl (C=O) groups is 2. The van der Waals surface area contributed by atoms with Gasteiger partial charge in [0.15, 0.2) is 34.6 Å². The van der Waals surface area contributed by atoms with E-state index in [1.165, 1.54) is 12.2 Å². The molecule has 0 aliphatic carbocycles. The molecule has 0 aromatic heterocycles. The minimum atomic E-state index is -0.889. The molecule has 2 aromatic carbocycles. The lowest BCUT2D eigenvalue weighted by molar-refractivity contribution is -0.127. The summed E-state index contributed by atoms with van der Waals surface area (Å²) in [6.45, 7) is 1.57. The molecule has 9 nitrogen and oxygen atoms in total. The smallest absolute Gasteiger partial charge is 0.166 e. The molecule has 0 fully saturated rings. The monoisotopic (exact) mass is 497 g/mol. The maximum Gasteiger partial charge on any atom is 0.166 e. The first kappa shape index (κ1) is 28.6. The van der Waals surface area contributed by atoms with Crippen molar-refractivity contribution < 1.29 is 28.5 Å². The molecule has 0 amide bonds. The normalized spacial score (nSPS) is 11.3. The lowest BCUT2D eigenvalue weighted by Gasteiger charge is -2.11. The molecule has 0 unspecified atom stereocenters. The van der Waals surface area contributed by atoms with Gasteiger partial charge in [0.05, 0.1) is 20.1 Å². The van der Waals surface area contributed by atoms with Gasteiger partial charge in [-0.15, -0.1) is 0 Å². The lowest BCUT2D eigenvalue weighted by atomic mass is 9.93. The number of methoxy groups -OCH3 is 2. The van der Waals surface area contributed by atoms with Crippen molar-refractivity contribution in [3.8, 4) is 23.0 Å². The first-order chi connectivity index (χ1) is 17.5. The highest BCUT2D eigenvalue weighted by Gasteiger charge is 2.22. The van der Waals surface area contributed by atoms with Gasteiger partial charge in [-0.05, 0) is 60.5 Å². The van der Waals surface area contributed by atoms with E-state index in [-0.39, 0.29) is 24.5 Å². The molecule has 0 saturated heterocycles. The van der Waals surface area contributed by atoms with Crippen LogP contribution in [0.5, 0.6) is 23.0 Å². The molecule has 36 heavy (non-hydrogen) atoms. The number of hydrogen-bond acceptors (Lipinski definition) is 9. The molecule has 0 aliphatic rings. The van der Waals surface area contributed by atoms with E-state index in [1.807, 2.05) is 0 Å². The number of ketones is 2. The molecule has 2 aromatic rings. The van der Waals surface area contributed by atoms with Gasteiger partial charge < -0.3 is 36.1 Å². The van der Waals surface area contributed by atoms with Gasteiger partial charge in [0.2, 0.25) is 0 Å². The molecule has 9 heteroatoms. The molecule has 0 saturated carbocycles. The number of nitrogens with two attached hydrogens (primary N) is 3. The average Bonchev–Trinajstić information content (AvgIpc) is 2.90. The van der Waals surface area contributed by atoms with Gasteiger partial charge in [0, 0.05) is 13.1 Å². The van der Waals surface area contributed by atoms with Crippen molar-refractivity contribution in [3.63, 3.8) is 0 Å².